The predicted molar refractivity (Wildman–Crippen MR) is 113 cm³/mol. The maximum absolute atomic E-state index is 13.9. The van der Waals surface area contributed by atoms with Gasteiger partial charge in [-0.15, -0.1) is 0 Å². The topological polar surface area (TPSA) is 75.0 Å². The summed E-state index contributed by atoms with van der Waals surface area (Å²) in [7, 11) is 0. The van der Waals surface area contributed by atoms with Gasteiger partial charge in [-0.05, 0) is 53.1 Å². The minimum Gasteiger partial charge on any atom is -0.772 e. The summed E-state index contributed by atoms with van der Waals surface area (Å²) in [5.74, 6) is -1.07. The molecule has 0 saturated heterocycles. The second kappa shape index (κ2) is 8.71. The Morgan fingerprint density at radius 3 is 2.26 bits per heavy atom. The van der Waals surface area contributed by atoms with Crippen molar-refractivity contribution in [1.82, 2.24) is 9.78 Å². The first-order chi connectivity index (χ1) is 14.9. The molecular weight excluding hydrogens is 422 g/mol. The maximum Gasteiger partial charge on any atom is 0.280 e. The van der Waals surface area contributed by atoms with E-state index in [-0.39, 0.29) is 11.3 Å². The smallest absolute Gasteiger partial charge is 0.280 e. The molecule has 0 aliphatic rings. The fraction of sp³-hybridized carbons (Fsp3) is 0.0435. The lowest BCUT2D eigenvalue weighted by atomic mass is 9.96. The number of rotatable bonds is 5. The Morgan fingerprint density at radius 2 is 1.61 bits per heavy atom. The van der Waals surface area contributed by atoms with E-state index >= 15 is 0 Å². The molecule has 5 nitrogen and oxygen atoms in total. The summed E-state index contributed by atoms with van der Waals surface area (Å²) in [6, 6.07) is 17.6. The van der Waals surface area contributed by atoms with Crippen molar-refractivity contribution in [3.8, 4) is 27.9 Å². The summed E-state index contributed by atoms with van der Waals surface area (Å²) in [6.07, 6.45) is 1.48. The van der Waals surface area contributed by atoms with Crippen molar-refractivity contribution in [2.24, 2.45) is 0 Å². The molecule has 0 N–H and O–H groups in total. The molecule has 0 fully saturated rings. The average molecular weight is 437 g/mol. The van der Waals surface area contributed by atoms with Gasteiger partial charge in [-0.3, -0.25) is 9.00 Å². The minimum absolute atomic E-state index is 0.124. The van der Waals surface area contributed by atoms with Crippen LogP contribution in [0.2, 0.25) is 0 Å². The van der Waals surface area contributed by atoms with Gasteiger partial charge in [0, 0.05) is 11.3 Å². The number of benzene rings is 3. The highest BCUT2D eigenvalue weighted by molar-refractivity contribution is 7.78. The monoisotopic (exact) mass is 437 g/mol. The van der Waals surface area contributed by atoms with Crippen molar-refractivity contribution in [2.45, 2.75) is 5.75 Å². The van der Waals surface area contributed by atoms with Gasteiger partial charge in [0.1, 0.15) is 11.6 Å². The van der Waals surface area contributed by atoms with Crippen LogP contribution in [0, 0.1) is 11.6 Å². The van der Waals surface area contributed by atoms with Gasteiger partial charge in [-0.25, -0.2) is 8.78 Å². The van der Waals surface area contributed by atoms with E-state index in [9.17, 15) is 22.3 Å². The molecule has 0 saturated carbocycles. The van der Waals surface area contributed by atoms with Crippen molar-refractivity contribution >= 4 is 11.1 Å². The highest BCUT2D eigenvalue weighted by atomic mass is 32.2. The fourth-order valence-corrected chi connectivity index (χ4v) is 3.74. The molecule has 8 heteroatoms. The largest absolute Gasteiger partial charge is 0.772 e. The van der Waals surface area contributed by atoms with Crippen molar-refractivity contribution < 1.29 is 17.5 Å². The Morgan fingerprint density at radius 1 is 0.903 bits per heavy atom. The highest BCUT2D eigenvalue weighted by Gasteiger charge is 2.17. The molecule has 0 radical (unpaired) electrons. The number of aromatic nitrogens is 2. The molecule has 156 valence electrons. The quantitative estimate of drug-likeness (QED) is 0.438. The zero-order valence-corrected chi connectivity index (χ0v) is 16.8. The third-order valence-electron chi connectivity index (χ3n) is 4.71. The van der Waals surface area contributed by atoms with Crippen molar-refractivity contribution in [2.75, 3.05) is 0 Å². The zero-order chi connectivity index (χ0) is 22.0. The summed E-state index contributed by atoms with van der Waals surface area (Å²) in [4.78, 5) is 13.4. The molecule has 1 aromatic heterocycles. The van der Waals surface area contributed by atoms with E-state index in [2.05, 4.69) is 5.10 Å². The zero-order valence-electron chi connectivity index (χ0n) is 16.0. The van der Waals surface area contributed by atoms with Crippen LogP contribution >= 0.6 is 0 Å². The minimum atomic E-state index is -2.22. The Hall–Kier alpha value is -3.49. The Kier molecular flexibility index (Phi) is 5.83. The van der Waals surface area contributed by atoms with E-state index in [0.717, 1.165) is 4.68 Å². The Balaban J connectivity index is 1.91. The van der Waals surface area contributed by atoms with E-state index < -0.39 is 28.3 Å². The van der Waals surface area contributed by atoms with Gasteiger partial charge in [-0.1, -0.05) is 47.5 Å². The standard InChI is InChI=1S/C23H16F2N2O3S/c24-18-8-10-20(11-9-18)27-23(28)22(17-2-1-3-19(25)12-17)21(13-26-27)16-6-4-15(5-7-16)14-31(29)30/h1-13H,14H2,(H,29,30)/p-1. The van der Waals surface area contributed by atoms with Crippen LogP contribution in [0.25, 0.3) is 27.9 Å². The molecule has 0 spiro atoms. The van der Waals surface area contributed by atoms with Crippen LogP contribution in [0.3, 0.4) is 0 Å². The number of hydrogen-bond acceptors (Lipinski definition) is 4. The van der Waals surface area contributed by atoms with Gasteiger partial charge in [0.25, 0.3) is 5.56 Å². The van der Waals surface area contributed by atoms with E-state index in [0.29, 0.717) is 27.9 Å². The summed E-state index contributed by atoms with van der Waals surface area (Å²) in [6.45, 7) is 0. The first-order valence-corrected chi connectivity index (χ1v) is 10.5. The first-order valence-electron chi connectivity index (χ1n) is 9.22. The van der Waals surface area contributed by atoms with Gasteiger partial charge >= 0.3 is 0 Å². The van der Waals surface area contributed by atoms with Crippen LogP contribution in [0.15, 0.2) is 83.8 Å². The molecule has 4 rings (SSSR count). The summed E-state index contributed by atoms with van der Waals surface area (Å²) >= 11 is -2.22. The van der Waals surface area contributed by atoms with Crippen LogP contribution < -0.4 is 5.56 Å². The second-order valence-electron chi connectivity index (χ2n) is 6.78. The molecule has 0 bridgehead atoms. The van der Waals surface area contributed by atoms with Gasteiger partial charge in [-0.2, -0.15) is 9.78 Å². The number of nitrogens with zero attached hydrogens (tertiary/aromatic N) is 2. The predicted octanol–water partition coefficient (Wildman–Crippen LogP) is 4.22. The third kappa shape index (κ3) is 4.50. The van der Waals surface area contributed by atoms with E-state index in [1.165, 1.54) is 48.7 Å². The average Bonchev–Trinajstić information content (AvgIpc) is 2.74. The normalized spacial score (nSPS) is 12.0. The van der Waals surface area contributed by atoms with Gasteiger partial charge < -0.3 is 4.55 Å². The number of hydrogen-bond donors (Lipinski definition) is 0. The van der Waals surface area contributed by atoms with E-state index in [1.807, 2.05) is 0 Å². The van der Waals surface area contributed by atoms with Crippen LogP contribution in [0.5, 0.6) is 0 Å². The van der Waals surface area contributed by atoms with Crippen LogP contribution in [-0.4, -0.2) is 18.5 Å². The molecule has 1 unspecified atom stereocenters. The van der Waals surface area contributed by atoms with Gasteiger partial charge in [0.2, 0.25) is 0 Å². The SMILES string of the molecule is O=c1c(-c2cccc(F)c2)c(-c2ccc(CS(=O)[O-])cc2)cnn1-c1ccc(F)cc1. The lowest BCUT2D eigenvalue weighted by molar-refractivity contribution is 0.536. The maximum atomic E-state index is 13.9. The summed E-state index contributed by atoms with van der Waals surface area (Å²) in [5, 5.41) is 4.22. The van der Waals surface area contributed by atoms with Gasteiger partial charge in [0.05, 0.1) is 17.4 Å². The molecule has 1 heterocycles. The molecule has 0 aliphatic heterocycles. The molecule has 0 amide bonds. The molecule has 31 heavy (non-hydrogen) atoms. The second-order valence-corrected chi connectivity index (χ2v) is 7.68. The summed E-state index contributed by atoms with van der Waals surface area (Å²) in [5.41, 5.74) is 2.13. The van der Waals surface area contributed by atoms with Crippen molar-refractivity contribution in [3.63, 3.8) is 0 Å². The summed E-state index contributed by atoms with van der Waals surface area (Å²) < 4.78 is 50.2. The van der Waals surface area contributed by atoms with Crippen molar-refractivity contribution in [3.05, 3.63) is 107 Å². The molecule has 3 aromatic carbocycles. The van der Waals surface area contributed by atoms with Crippen LogP contribution in [-0.2, 0) is 16.8 Å². The van der Waals surface area contributed by atoms with E-state index in [4.69, 9.17) is 0 Å². The third-order valence-corrected chi connectivity index (χ3v) is 5.28. The lowest BCUT2D eigenvalue weighted by Gasteiger charge is -2.13. The first kappa shape index (κ1) is 20.8. The molecular formula is C23H15F2N2O3S-. The lowest BCUT2D eigenvalue weighted by Crippen LogP contribution is -2.23. The molecule has 1 atom stereocenters. The highest BCUT2D eigenvalue weighted by Crippen LogP contribution is 2.30. The number of halogens is 2. The van der Waals surface area contributed by atoms with Gasteiger partial charge in [0.15, 0.2) is 0 Å². The Labute approximate surface area is 178 Å². The van der Waals surface area contributed by atoms with Crippen LogP contribution in [0.4, 0.5) is 8.78 Å². The molecule has 0 aliphatic carbocycles. The van der Waals surface area contributed by atoms with Crippen molar-refractivity contribution in [1.29, 1.82) is 0 Å². The molecule has 4 aromatic rings. The fourth-order valence-electron chi connectivity index (χ4n) is 3.28. The van der Waals surface area contributed by atoms with Crippen LogP contribution in [0.1, 0.15) is 5.56 Å². The van der Waals surface area contributed by atoms with E-state index in [1.54, 1.807) is 30.3 Å². The Bertz CT molecular complexity index is 1320.